The number of aryl methyl sites for hydroxylation is 1. The van der Waals surface area contributed by atoms with Crippen molar-refractivity contribution in [1.29, 1.82) is 0 Å². The summed E-state index contributed by atoms with van der Waals surface area (Å²) < 4.78 is 1.08. The summed E-state index contributed by atoms with van der Waals surface area (Å²) in [5.41, 5.74) is 5.13. The Balaban J connectivity index is 1.51. The highest BCUT2D eigenvalue weighted by Crippen LogP contribution is 2.20. The summed E-state index contributed by atoms with van der Waals surface area (Å²) in [6, 6.07) is 5.87. The third kappa shape index (κ3) is 3.38. The largest absolute Gasteiger partial charge is 0.321 e. The van der Waals surface area contributed by atoms with Gasteiger partial charge in [-0.15, -0.1) is 11.3 Å². The Bertz CT molecular complexity index is 1010. The number of thiazole rings is 1. The zero-order chi connectivity index (χ0) is 17.2. The minimum atomic E-state index is -0.215. The van der Waals surface area contributed by atoms with Crippen molar-refractivity contribution in [2.45, 2.75) is 13.5 Å². The van der Waals surface area contributed by atoms with Crippen molar-refractivity contribution in [3.8, 4) is 0 Å². The maximum Gasteiger partial charge on any atom is 0.274 e. The number of guanidine groups is 1. The molecule has 3 heterocycles. The number of fused-ring (bicyclic) bond motifs is 1. The molecule has 1 aliphatic heterocycles. The van der Waals surface area contributed by atoms with Gasteiger partial charge in [-0.1, -0.05) is 6.07 Å². The van der Waals surface area contributed by atoms with E-state index in [1.165, 1.54) is 0 Å². The molecule has 0 spiro atoms. The van der Waals surface area contributed by atoms with Gasteiger partial charge in [0.15, 0.2) is 0 Å². The number of benzene rings is 1. The minimum Gasteiger partial charge on any atom is -0.321 e. The van der Waals surface area contributed by atoms with Gasteiger partial charge in [0.1, 0.15) is 18.1 Å². The summed E-state index contributed by atoms with van der Waals surface area (Å²) in [4.78, 5) is 29.0. The molecule has 1 amide bonds. The van der Waals surface area contributed by atoms with E-state index in [-0.39, 0.29) is 5.91 Å². The van der Waals surface area contributed by atoms with Crippen molar-refractivity contribution < 1.29 is 4.79 Å². The van der Waals surface area contributed by atoms with Crippen LogP contribution in [0.5, 0.6) is 0 Å². The number of rotatable bonds is 3. The number of carbonyl (C=O) groups excluding carboxylic acids is 1. The molecular formula is C17H14N6OS. The number of hydrogen-bond acceptors (Lipinski definition) is 6. The molecule has 1 saturated heterocycles. The number of aromatic nitrogens is 3. The van der Waals surface area contributed by atoms with E-state index in [2.05, 4.69) is 30.6 Å². The molecule has 0 radical (unpaired) electrons. The van der Waals surface area contributed by atoms with Crippen LogP contribution in [0.1, 0.15) is 17.0 Å². The quantitative estimate of drug-likeness (QED) is 0.705. The van der Waals surface area contributed by atoms with Gasteiger partial charge >= 0.3 is 0 Å². The second-order valence-corrected chi connectivity index (χ2v) is 6.44. The Kier molecular flexibility index (Phi) is 3.95. The van der Waals surface area contributed by atoms with Crippen LogP contribution in [-0.4, -0.2) is 26.8 Å². The first-order valence-corrected chi connectivity index (χ1v) is 8.51. The molecule has 25 heavy (non-hydrogen) atoms. The van der Waals surface area contributed by atoms with Gasteiger partial charge in [0, 0.05) is 12.4 Å². The van der Waals surface area contributed by atoms with E-state index in [4.69, 9.17) is 0 Å². The second kappa shape index (κ2) is 6.40. The molecule has 0 unspecified atom stereocenters. The van der Waals surface area contributed by atoms with Gasteiger partial charge in [-0.2, -0.15) is 0 Å². The van der Waals surface area contributed by atoms with E-state index >= 15 is 0 Å². The van der Waals surface area contributed by atoms with Gasteiger partial charge < -0.3 is 5.32 Å². The molecule has 7 nitrogen and oxygen atoms in total. The first kappa shape index (κ1) is 15.4. The Morgan fingerprint density at radius 2 is 2.04 bits per heavy atom. The van der Waals surface area contributed by atoms with Crippen LogP contribution < -0.4 is 10.6 Å². The predicted octanol–water partition coefficient (Wildman–Crippen LogP) is 2.01. The zero-order valence-electron chi connectivity index (χ0n) is 13.4. The van der Waals surface area contributed by atoms with E-state index in [1.807, 2.05) is 25.1 Å². The lowest BCUT2D eigenvalue weighted by molar-refractivity contribution is -0.115. The van der Waals surface area contributed by atoms with Crippen molar-refractivity contribution in [2.24, 2.45) is 4.99 Å². The van der Waals surface area contributed by atoms with E-state index in [0.717, 1.165) is 21.3 Å². The summed E-state index contributed by atoms with van der Waals surface area (Å²) in [6.45, 7) is 2.22. The molecule has 1 aromatic carbocycles. The lowest BCUT2D eigenvalue weighted by atomic mass is 10.2. The molecule has 0 aliphatic carbocycles. The molecule has 0 atom stereocenters. The standard InChI is InChI=1S/C17H14N6OS/c1-10-6-18-15(19-7-10)8-20-17-22-13(16(24)23-17)4-11-2-3-12-14(5-11)25-9-21-12/h2-7,9H,8H2,1H3,(H2,20,22,23,24)/b13-4-. The van der Waals surface area contributed by atoms with Crippen LogP contribution in [-0.2, 0) is 11.3 Å². The monoisotopic (exact) mass is 350 g/mol. The number of amides is 1. The average Bonchev–Trinajstić information content (AvgIpc) is 3.21. The molecule has 1 aliphatic rings. The van der Waals surface area contributed by atoms with Crippen molar-refractivity contribution in [1.82, 2.24) is 25.6 Å². The maximum absolute atomic E-state index is 12.1. The number of carbonyl (C=O) groups is 1. The first-order valence-electron chi connectivity index (χ1n) is 7.63. The summed E-state index contributed by atoms with van der Waals surface area (Å²) in [5.74, 6) is 0.787. The molecule has 0 bridgehead atoms. The summed E-state index contributed by atoms with van der Waals surface area (Å²) >= 11 is 1.57. The number of aliphatic imine (C=N–C) groups is 1. The van der Waals surface area contributed by atoms with Crippen LogP contribution in [0.3, 0.4) is 0 Å². The fourth-order valence-corrected chi connectivity index (χ4v) is 3.08. The highest BCUT2D eigenvalue weighted by Gasteiger charge is 2.21. The van der Waals surface area contributed by atoms with Crippen LogP contribution in [0.4, 0.5) is 0 Å². The first-order chi connectivity index (χ1) is 12.2. The fourth-order valence-electron chi connectivity index (χ4n) is 2.35. The molecular weight excluding hydrogens is 336 g/mol. The van der Waals surface area contributed by atoms with Gasteiger partial charge in [-0.25, -0.2) is 19.9 Å². The van der Waals surface area contributed by atoms with Crippen molar-refractivity contribution in [3.05, 3.63) is 58.8 Å². The summed E-state index contributed by atoms with van der Waals surface area (Å²) in [6.07, 6.45) is 5.27. The molecule has 2 N–H and O–H groups in total. The van der Waals surface area contributed by atoms with Gasteiger partial charge in [0.05, 0.1) is 15.7 Å². The molecule has 0 saturated carbocycles. The van der Waals surface area contributed by atoms with Crippen LogP contribution >= 0.6 is 11.3 Å². The molecule has 8 heteroatoms. The van der Waals surface area contributed by atoms with Gasteiger partial charge in [-0.3, -0.25) is 10.1 Å². The van der Waals surface area contributed by atoms with E-state index in [9.17, 15) is 4.79 Å². The SMILES string of the molecule is Cc1cnc(CN=C2NC(=O)/C(=C/c3ccc4ncsc4c3)N2)nc1. The molecule has 1 fully saturated rings. The minimum absolute atomic E-state index is 0.215. The van der Waals surface area contributed by atoms with Crippen LogP contribution in [0.15, 0.2) is 46.8 Å². The smallest absolute Gasteiger partial charge is 0.274 e. The lowest BCUT2D eigenvalue weighted by Crippen LogP contribution is -2.25. The zero-order valence-corrected chi connectivity index (χ0v) is 14.2. The summed E-state index contributed by atoms with van der Waals surface area (Å²) in [5, 5.41) is 5.70. The highest BCUT2D eigenvalue weighted by atomic mass is 32.1. The Morgan fingerprint density at radius 1 is 1.20 bits per heavy atom. The predicted molar refractivity (Wildman–Crippen MR) is 96.8 cm³/mol. The average molecular weight is 350 g/mol. The highest BCUT2D eigenvalue weighted by molar-refractivity contribution is 7.16. The molecule has 124 valence electrons. The summed E-state index contributed by atoms with van der Waals surface area (Å²) in [7, 11) is 0. The lowest BCUT2D eigenvalue weighted by Gasteiger charge is -1.99. The van der Waals surface area contributed by atoms with Crippen molar-refractivity contribution >= 4 is 39.5 Å². The van der Waals surface area contributed by atoms with E-state index in [0.29, 0.717) is 24.0 Å². The normalized spacial score (nSPS) is 17.2. The molecule has 4 rings (SSSR count). The third-order valence-corrected chi connectivity index (χ3v) is 4.40. The fraction of sp³-hybridized carbons (Fsp3) is 0.118. The van der Waals surface area contributed by atoms with Crippen LogP contribution in [0.25, 0.3) is 16.3 Å². The third-order valence-electron chi connectivity index (χ3n) is 3.61. The molecule has 2 aromatic heterocycles. The number of nitrogens with zero attached hydrogens (tertiary/aromatic N) is 4. The number of nitrogens with one attached hydrogen (secondary N) is 2. The Hall–Kier alpha value is -3.13. The molecule has 3 aromatic rings. The number of hydrogen-bond donors (Lipinski definition) is 2. The van der Waals surface area contributed by atoms with E-state index in [1.54, 1.807) is 35.3 Å². The second-order valence-electron chi connectivity index (χ2n) is 5.56. The van der Waals surface area contributed by atoms with Gasteiger partial charge in [0.2, 0.25) is 5.96 Å². The van der Waals surface area contributed by atoms with Gasteiger partial charge in [-0.05, 0) is 36.3 Å². The Morgan fingerprint density at radius 3 is 2.88 bits per heavy atom. The topological polar surface area (TPSA) is 92.2 Å². The van der Waals surface area contributed by atoms with Crippen molar-refractivity contribution in [2.75, 3.05) is 0 Å². The van der Waals surface area contributed by atoms with Crippen LogP contribution in [0, 0.1) is 6.92 Å². The van der Waals surface area contributed by atoms with Crippen molar-refractivity contribution in [3.63, 3.8) is 0 Å². The maximum atomic E-state index is 12.1. The van der Waals surface area contributed by atoms with Gasteiger partial charge in [0.25, 0.3) is 5.91 Å². The van der Waals surface area contributed by atoms with E-state index < -0.39 is 0 Å². The van der Waals surface area contributed by atoms with Crippen LogP contribution in [0.2, 0.25) is 0 Å². The Labute approximate surface area is 147 Å².